The molecule has 2 fully saturated rings. The summed E-state index contributed by atoms with van der Waals surface area (Å²) in [5, 5.41) is 18.2. The zero-order valence-corrected chi connectivity index (χ0v) is 20.2. The molecule has 0 atom stereocenters. The first-order chi connectivity index (χ1) is 17.4. The molecule has 2 bridgehead atoms. The van der Waals surface area contributed by atoms with Gasteiger partial charge >= 0.3 is 0 Å². The van der Waals surface area contributed by atoms with Gasteiger partial charge in [-0.2, -0.15) is 5.10 Å². The van der Waals surface area contributed by atoms with Gasteiger partial charge in [-0.25, -0.2) is 4.52 Å². The van der Waals surface area contributed by atoms with Crippen molar-refractivity contribution in [1.82, 2.24) is 34.5 Å². The summed E-state index contributed by atoms with van der Waals surface area (Å²) in [5.74, 6) is -0.466. The number of aryl methyl sites for hydroxylation is 2. The van der Waals surface area contributed by atoms with Crippen molar-refractivity contribution in [1.29, 1.82) is 0 Å². The lowest BCUT2D eigenvalue weighted by Gasteiger charge is -2.20. The molecule has 2 amide bonds. The summed E-state index contributed by atoms with van der Waals surface area (Å²) in [7, 11) is 1.86. The van der Waals surface area contributed by atoms with Gasteiger partial charge in [0.15, 0.2) is 5.69 Å². The fourth-order valence-corrected chi connectivity index (χ4v) is 5.35. The maximum Gasteiger partial charge on any atom is 0.278 e. The quantitative estimate of drug-likeness (QED) is 0.430. The van der Waals surface area contributed by atoms with Crippen molar-refractivity contribution in [3.8, 4) is 11.1 Å². The van der Waals surface area contributed by atoms with Crippen molar-refractivity contribution in [3.05, 3.63) is 54.4 Å². The SMILES string of the molecule is Cc1ncc(NC(=O)CN2C3CCC2CC3)cc1NC(=O)c1nnn2cc(-c3cnn(C)c3)ccc12. The minimum Gasteiger partial charge on any atom is -0.324 e. The number of pyridine rings is 2. The lowest BCUT2D eigenvalue weighted by Crippen LogP contribution is -2.36. The van der Waals surface area contributed by atoms with Crippen molar-refractivity contribution < 1.29 is 9.59 Å². The Morgan fingerprint density at radius 1 is 1.03 bits per heavy atom. The monoisotopic (exact) mass is 485 g/mol. The summed E-state index contributed by atoms with van der Waals surface area (Å²) < 4.78 is 3.30. The largest absolute Gasteiger partial charge is 0.324 e. The van der Waals surface area contributed by atoms with Gasteiger partial charge in [-0.3, -0.25) is 24.2 Å². The molecule has 36 heavy (non-hydrogen) atoms. The second-order valence-corrected chi connectivity index (χ2v) is 9.58. The number of hydrogen-bond acceptors (Lipinski definition) is 7. The summed E-state index contributed by atoms with van der Waals surface area (Å²) in [6.07, 6.45) is 11.8. The van der Waals surface area contributed by atoms with E-state index in [1.165, 1.54) is 25.7 Å². The Labute approximate surface area is 207 Å². The molecule has 0 aromatic carbocycles. The van der Waals surface area contributed by atoms with Gasteiger partial charge in [0, 0.05) is 42.7 Å². The number of amides is 2. The van der Waals surface area contributed by atoms with Crippen molar-refractivity contribution in [2.24, 2.45) is 7.05 Å². The third-order valence-electron chi connectivity index (χ3n) is 7.22. The summed E-state index contributed by atoms with van der Waals surface area (Å²) in [5.41, 5.74) is 4.32. The van der Waals surface area contributed by atoms with E-state index in [-0.39, 0.29) is 11.6 Å². The third-order valence-corrected chi connectivity index (χ3v) is 7.22. The van der Waals surface area contributed by atoms with Gasteiger partial charge in [-0.05, 0) is 44.7 Å². The van der Waals surface area contributed by atoms with Gasteiger partial charge in [0.25, 0.3) is 5.91 Å². The van der Waals surface area contributed by atoms with Crippen LogP contribution in [0.2, 0.25) is 0 Å². The Hall–Kier alpha value is -4.12. The number of carbonyl (C=O) groups is 2. The number of nitrogens with zero attached hydrogens (tertiary/aromatic N) is 7. The summed E-state index contributed by atoms with van der Waals surface area (Å²) in [6, 6.07) is 6.51. The maximum absolute atomic E-state index is 13.1. The number of aromatic nitrogens is 6. The second-order valence-electron chi connectivity index (χ2n) is 9.58. The highest BCUT2D eigenvalue weighted by Crippen LogP contribution is 2.37. The van der Waals surface area contributed by atoms with E-state index < -0.39 is 5.91 Å². The number of anilines is 2. The molecule has 11 heteroatoms. The molecule has 2 N–H and O–H groups in total. The Balaban J connectivity index is 1.16. The number of carbonyl (C=O) groups excluding carboxylic acids is 2. The summed E-state index contributed by atoms with van der Waals surface area (Å²) >= 11 is 0. The molecule has 184 valence electrons. The summed E-state index contributed by atoms with van der Waals surface area (Å²) in [4.78, 5) is 32.4. The zero-order chi connectivity index (χ0) is 24.8. The van der Waals surface area contributed by atoms with Crippen LogP contribution >= 0.6 is 0 Å². The fraction of sp³-hybridized carbons (Fsp3) is 0.360. The molecule has 0 saturated carbocycles. The van der Waals surface area contributed by atoms with Crippen LogP contribution in [0.4, 0.5) is 11.4 Å². The van der Waals surface area contributed by atoms with E-state index in [0.29, 0.717) is 41.2 Å². The Bertz CT molecular complexity index is 1450. The highest BCUT2D eigenvalue weighted by atomic mass is 16.2. The predicted octanol–water partition coefficient (Wildman–Crippen LogP) is 2.65. The molecule has 0 unspecified atom stereocenters. The van der Waals surface area contributed by atoms with Crippen molar-refractivity contribution >= 4 is 28.7 Å². The fourth-order valence-electron chi connectivity index (χ4n) is 5.35. The van der Waals surface area contributed by atoms with E-state index in [9.17, 15) is 9.59 Å². The lowest BCUT2D eigenvalue weighted by molar-refractivity contribution is -0.117. The second kappa shape index (κ2) is 8.83. The molecule has 11 nitrogen and oxygen atoms in total. The van der Waals surface area contributed by atoms with Crippen molar-refractivity contribution in [2.45, 2.75) is 44.7 Å². The summed E-state index contributed by atoms with van der Waals surface area (Å²) in [6.45, 7) is 2.19. The average Bonchev–Trinajstić information content (AvgIpc) is 3.65. The van der Waals surface area contributed by atoms with Gasteiger partial charge in [0.2, 0.25) is 5.91 Å². The first-order valence-corrected chi connectivity index (χ1v) is 12.1. The number of hydrogen-bond donors (Lipinski definition) is 2. The molecule has 6 heterocycles. The van der Waals surface area contributed by atoms with Crippen LogP contribution in [0.5, 0.6) is 0 Å². The highest BCUT2D eigenvalue weighted by molar-refractivity contribution is 6.08. The number of nitrogens with one attached hydrogen (secondary N) is 2. The highest BCUT2D eigenvalue weighted by Gasteiger charge is 2.39. The van der Waals surface area contributed by atoms with Gasteiger partial charge in [-0.15, -0.1) is 5.10 Å². The van der Waals surface area contributed by atoms with Gasteiger partial charge < -0.3 is 10.6 Å². The van der Waals surface area contributed by atoms with Crippen LogP contribution in [0.1, 0.15) is 41.9 Å². The standard InChI is InChI=1S/C25H27N9O2/c1-15-21(9-18(11-26-15)28-23(35)14-33-19-4-5-20(33)7-6-19)29-25(36)24-22-8-3-16(13-34(22)31-30-24)17-10-27-32(2)12-17/h3,8-13,19-20H,4-7,14H2,1-2H3,(H,28,35)(H,29,36). The molecular formula is C25H27N9O2. The average molecular weight is 486 g/mol. The Morgan fingerprint density at radius 2 is 1.81 bits per heavy atom. The smallest absolute Gasteiger partial charge is 0.278 e. The molecule has 0 spiro atoms. The minimum absolute atomic E-state index is 0.0644. The Morgan fingerprint density at radius 3 is 2.53 bits per heavy atom. The van der Waals surface area contributed by atoms with Gasteiger partial charge in [-0.1, -0.05) is 11.3 Å². The molecular weight excluding hydrogens is 458 g/mol. The predicted molar refractivity (Wildman–Crippen MR) is 133 cm³/mol. The third kappa shape index (κ3) is 4.11. The van der Waals surface area contributed by atoms with E-state index in [4.69, 9.17) is 0 Å². The van der Waals surface area contributed by atoms with Crippen LogP contribution in [-0.4, -0.2) is 64.9 Å². The van der Waals surface area contributed by atoms with Crippen LogP contribution in [-0.2, 0) is 11.8 Å². The maximum atomic E-state index is 13.1. The minimum atomic E-state index is -0.402. The molecule has 4 aromatic rings. The van der Waals surface area contributed by atoms with Crippen LogP contribution < -0.4 is 10.6 Å². The zero-order valence-electron chi connectivity index (χ0n) is 20.2. The molecule has 0 aliphatic carbocycles. The normalized spacial score (nSPS) is 19.2. The van der Waals surface area contributed by atoms with E-state index in [1.807, 2.05) is 31.6 Å². The molecule has 0 radical (unpaired) electrons. The van der Waals surface area contributed by atoms with E-state index in [2.05, 4.69) is 35.9 Å². The van der Waals surface area contributed by atoms with Gasteiger partial charge in [0.1, 0.15) is 0 Å². The van der Waals surface area contributed by atoms with E-state index in [1.54, 1.807) is 34.6 Å². The molecule has 4 aromatic heterocycles. The van der Waals surface area contributed by atoms with E-state index in [0.717, 1.165) is 11.1 Å². The Kier molecular flexibility index (Phi) is 5.48. The molecule has 6 rings (SSSR count). The molecule has 2 aliphatic heterocycles. The first kappa shape index (κ1) is 22.4. The van der Waals surface area contributed by atoms with Crippen molar-refractivity contribution in [3.63, 3.8) is 0 Å². The van der Waals surface area contributed by atoms with Crippen LogP contribution in [0.25, 0.3) is 16.6 Å². The van der Waals surface area contributed by atoms with Crippen LogP contribution in [0.3, 0.4) is 0 Å². The number of fused-ring (bicyclic) bond motifs is 3. The number of rotatable bonds is 6. The molecule has 2 saturated heterocycles. The lowest BCUT2D eigenvalue weighted by atomic mass is 10.0. The first-order valence-electron chi connectivity index (χ1n) is 12.1. The molecule has 2 aliphatic rings. The van der Waals surface area contributed by atoms with E-state index >= 15 is 0 Å². The topological polar surface area (TPSA) is 122 Å². The van der Waals surface area contributed by atoms with Gasteiger partial charge in [0.05, 0.1) is 41.5 Å². The van der Waals surface area contributed by atoms with Crippen LogP contribution in [0, 0.1) is 6.92 Å². The van der Waals surface area contributed by atoms with Crippen LogP contribution in [0.15, 0.2) is 43.0 Å². The van der Waals surface area contributed by atoms with Crippen molar-refractivity contribution in [2.75, 3.05) is 17.2 Å².